The molecular formula is C28H58O3. The minimum atomic E-state index is -0.317. The monoisotopic (exact) mass is 442 g/mol. The third-order valence-corrected chi connectivity index (χ3v) is 6.89. The molecule has 0 rings (SSSR count). The molecule has 0 aliphatic carbocycles. The molecule has 0 radical (unpaired) electrons. The molecule has 0 aliphatic heterocycles. The highest BCUT2D eigenvalue weighted by molar-refractivity contribution is 4.68. The summed E-state index contributed by atoms with van der Waals surface area (Å²) in [5.41, 5.74) is 0. The van der Waals surface area contributed by atoms with E-state index in [4.69, 9.17) is 4.74 Å². The number of unbranched alkanes of at least 4 members (excludes halogenated alkanes) is 14. The van der Waals surface area contributed by atoms with E-state index in [0.29, 0.717) is 13.2 Å². The van der Waals surface area contributed by atoms with Crippen molar-refractivity contribution in [1.29, 1.82) is 0 Å². The molecule has 0 spiro atoms. The molecule has 4 unspecified atom stereocenters. The fourth-order valence-corrected chi connectivity index (χ4v) is 4.38. The Kier molecular flexibility index (Phi) is 23.0. The maximum absolute atomic E-state index is 10.1. The van der Waals surface area contributed by atoms with Gasteiger partial charge in [-0.2, -0.15) is 0 Å². The fraction of sp³-hybridized carbons (Fsp3) is 1.00. The van der Waals surface area contributed by atoms with Crippen molar-refractivity contribution in [2.75, 3.05) is 13.2 Å². The first-order chi connectivity index (χ1) is 15.0. The molecule has 0 saturated heterocycles. The van der Waals surface area contributed by atoms with Crippen LogP contribution in [0.2, 0.25) is 0 Å². The van der Waals surface area contributed by atoms with Gasteiger partial charge in [0.15, 0.2) is 0 Å². The van der Waals surface area contributed by atoms with Crippen molar-refractivity contribution < 1.29 is 14.9 Å². The summed E-state index contributed by atoms with van der Waals surface area (Å²) >= 11 is 0. The molecule has 0 aromatic rings. The van der Waals surface area contributed by atoms with E-state index in [1.165, 1.54) is 103 Å². The predicted molar refractivity (Wildman–Crippen MR) is 136 cm³/mol. The second-order valence-corrected chi connectivity index (χ2v) is 10.1. The van der Waals surface area contributed by atoms with Crippen LogP contribution < -0.4 is 0 Å². The van der Waals surface area contributed by atoms with E-state index in [1.807, 2.05) is 13.8 Å². The van der Waals surface area contributed by atoms with E-state index in [1.54, 1.807) is 0 Å². The quantitative estimate of drug-likeness (QED) is 0.149. The Hall–Kier alpha value is -0.120. The van der Waals surface area contributed by atoms with Gasteiger partial charge in [-0.25, -0.2) is 0 Å². The number of hydrogen-bond donors (Lipinski definition) is 2. The zero-order chi connectivity index (χ0) is 23.2. The van der Waals surface area contributed by atoms with Gasteiger partial charge in [-0.3, -0.25) is 0 Å². The molecule has 0 bridgehead atoms. The lowest BCUT2D eigenvalue weighted by atomic mass is 9.95. The van der Waals surface area contributed by atoms with Crippen LogP contribution in [0, 0.1) is 11.8 Å². The second kappa shape index (κ2) is 23.1. The van der Waals surface area contributed by atoms with Gasteiger partial charge in [-0.1, -0.05) is 117 Å². The highest BCUT2D eigenvalue weighted by Crippen LogP contribution is 2.20. The molecule has 3 nitrogen and oxygen atoms in total. The molecule has 0 heterocycles. The van der Waals surface area contributed by atoms with E-state index in [9.17, 15) is 10.2 Å². The Balaban J connectivity index is 3.89. The van der Waals surface area contributed by atoms with Crippen molar-refractivity contribution in [2.24, 2.45) is 11.8 Å². The van der Waals surface area contributed by atoms with Gasteiger partial charge in [0, 0.05) is 11.8 Å². The van der Waals surface area contributed by atoms with Gasteiger partial charge in [0.2, 0.25) is 0 Å². The predicted octanol–water partition coefficient (Wildman–Crippen LogP) is 8.06. The van der Waals surface area contributed by atoms with Crippen molar-refractivity contribution in [2.45, 2.75) is 155 Å². The average Bonchev–Trinajstić information content (AvgIpc) is 2.74. The number of aliphatic hydroxyl groups is 2. The van der Waals surface area contributed by atoms with Crippen LogP contribution in [0.4, 0.5) is 0 Å². The topological polar surface area (TPSA) is 49.7 Å². The first-order valence-corrected chi connectivity index (χ1v) is 14.0. The van der Waals surface area contributed by atoms with E-state index >= 15 is 0 Å². The first-order valence-electron chi connectivity index (χ1n) is 14.0. The molecule has 0 aromatic carbocycles. The van der Waals surface area contributed by atoms with Crippen molar-refractivity contribution in [3.05, 3.63) is 0 Å². The van der Waals surface area contributed by atoms with Crippen molar-refractivity contribution in [1.82, 2.24) is 0 Å². The van der Waals surface area contributed by atoms with Gasteiger partial charge >= 0.3 is 0 Å². The van der Waals surface area contributed by atoms with Crippen molar-refractivity contribution in [3.63, 3.8) is 0 Å². The molecule has 3 heteroatoms. The zero-order valence-electron chi connectivity index (χ0n) is 21.8. The number of aliphatic hydroxyl groups excluding tert-OH is 2. The van der Waals surface area contributed by atoms with Gasteiger partial charge in [-0.15, -0.1) is 0 Å². The van der Waals surface area contributed by atoms with Crippen molar-refractivity contribution in [3.8, 4) is 0 Å². The normalized spacial score (nSPS) is 15.7. The van der Waals surface area contributed by atoms with E-state index in [2.05, 4.69) is 13.8 Å². The summed E-state index contributed by atoms with van der Waals surface area (Å²) in [5.74, 6) is 0.440. The summed E-state index contributed by atoms with van der Waals surface area (Å²) in [6.07, 6.45) is 22.6. The van der Waals surface area contributed by atoms with Crippen LogP contribution in [0.1, 0.15) is 143 Å². The number of rotatable bonds is 24. The fourth-order valence-electron chi connectivity index (χ4n) is 4.38. The Morgan fingerprint density at radius 3 is 1.06 bits per heavy atom. The van der Waals surface area contributed by atoms with Gasteiger partial charge in [0.05, 0.1) is 25.4 Å². The maximum atomic E-state index is 10.1. The molecule has 31 heavy (non-hydrogen) atoms. The molecule has 0 amide bonds. The van der Waals surface area contributed by atoms with Gasteiger partial charge < -0.3 is 14.9 Å². The summed E-state index contributed by atoms with van der Waals surface area (Å²) in [6.45, 7) is 9.55. The standard InChI is InChI=1S/C28H58O3/c1-5-7-9-11-13-15-17-19-21-27(25(3)29)23-31-24-28(26(4)30)22-20-18-16-14-12-10-8-6-2/h25-30H,5-24H2,1-4H3. The third kappa shape index (κ3) is 20.2. The summed E-state index contributed by atoms with van der Waals surface area (Å²) in [6, 6.07) is 0. The van der Waals surface area contributed by atoms with Gasteiger partial charge in [0.1, 0.15) is 0 Å². The highest BCUT2D eigenvalue weighted by atomic mass is 16.5. The lowest BCUT2D eigenvalue weighted by Crippen LogP contribution is -2.27. The molecular weight excluding hydrogens is 384 g/mol. The SMILES string of the molecule is CCCCCCCCCCC(COCC(CCCCCCCCCC)C(C)O)C(C)O. The molecule has 0 aliphatic rings. The Labute approximate surface area is 195 Å². The molecule has 2 N–H and O–H groups in total. The lowest BCUT2D eigenvalue weighted by Gasteiger charge is -2.24. The van der Waals surface area contributed by atoms with E-state index in [-0.39, 0.29) is 24.0 Å². The average molecular weight is 443 g/mol. The first kappa shape index (κ1) is 30.9. The summed E-state index contributed by atoms with van der Waals surface area (Å²) < 4.78 is 6.01. The van der Waals surface area contributed by atoms with Crippen LogP contribution in [-0.4, -0.2) is 35.6 Å². The highest BCUT2D eigenvalue weighted by Gasteiger charge is 2.18. The summed E-state index contributed by atoms with van der Waals surface area (Å²) in [4.78, 5) is 0. The van der Waals surface area contributed by atoms with Crippen LogP contribution in [0.5, 0.6) is 0 Å². The number of hydrogen-bond acceptors (Lipinski definition) is 3. The van der Waals surface area contributed by atoms with Crippen molar-refractivity contribution >= 4 is 0 Å². The minimum absolute atomic E-state index is 0.220. The van der Waals surface area contributed by atoms with Crippen LogP contribution >= 0.6 is 0 Å². The Bertz CT molecular complexity index is 311. The van der Waals surface area contributed by atoms with E-state index in [0.717, 1.165) is 12.8 Å². The zero-order valence-corrected chi connectivity index (χ0v) is 21.8. The number of ether oxygens (including phenoxy) is 1. The van der Waals surface area contributed by atoms with Gasteiger partial charge in [0.25, 0.3) is 0 Å². The Morgan fingerprint density at radius 1 is 0.484 bits per heavy atom. The second-order valence-electron chi connectivity index (χ2n) is 10.1. The summed E-state index contributed by atoms with van der Waals surface area (Å²) in [5, 5.41) is 20.3. The van der Waals surface area contributed by atoms with Crippen LogP contribution in [0.15, 0.2) is 0 Å². The van der Waals surface area contributed by atoms with Crippen LogP contribution in [-0.2, 0) is 4.74 Å². The largest absolute Gasteiger partial charge is 0.393 e. The molecule has 188 valence electrons. The van der Waals surface area contributed by atoms with Crippen LogP contribution in [0.3, 0.4) is 0 Å². The minimum Gasteiger partial charge on any atom is -0.393 e. The van der Waals surface area contributed by atoms with E-state index < -0.39 is 0 Å². The van der Waals surface area contributed by atoms with Gasteiger partial charge in [-0.05, 0) is 26.7 Å². The lowest BCUT2D eigenvalue weighted by molar-refractivity contribution is -0.00795. The third-order valence-electron chi connectivity index (χ3n) is 6.89. The van der Waals surface area contributed by atoms with Crippen LogP contribution in [0.25, 0.3) is 0 Å². The maximum Gasteiger partial charge on any atom is 0.0562 e. The molecule has 0 fully saturated rings. The Morgan fingerprint density at radius 2 is 0.774 bits per heavy atom. The molecule has 0 aromatic heterocycles. The summed E-state index contributed by atoms with van der Waals surface area (Å²) in [7, 11) is 0. The molecule has 0 saturated carbocycles. The molecule has 4 atom stereocenters. The smallest absolute Gasteiger partial charge is 0.0562 e.